The number of benzene rings is 1. The van der Waals surface area contributed by atoms with Gasteiger partial charge in [-0.2, -0.15) is 4.31 Å². The van der Waals surface area contributed by atoms with Crippen LogP contribution in [0.4, 0.5) is 5.69 Å². The maximum absolute atomic E-state index is 12.8. The molecule has 0 aliphatic carbocycles. The second kappa shape index (κ2) is 9.29. The number of hydrogen-bond acceptors (Lipinski definition) is 5. The van der Waals surface area contributed by atoms with Crippen molar-refractivity contribution in [3.63, 3.8) is 0 Å². The molecule has 0 radical (unpaired) electrons. The van der Waals surface area contributed by atoms with Gasteiger partial charge in [0.25, 0.3) is 0 Å². The number of carbonyl (C=O) groups is 2. The molecule has 1 unspecified atom stereocenters. The summed E-state index contributed by atoms with van der Waals surface area (Å²) >= 11 is 0. The SMILES string of the molecule is CCC(C)NC(=O)CN1CCN(S(=O)(=O)c2ccc(NC(C)=O)cc2)CC1. The van der Waals surface area contributed by atoms with Crippen molar-refractivity contribution in [2.75, 3.05) is 38.0 Å². The number of rotatable bonds is 7. The first-order chi connectivity index (χ1) is 12.7. The Hall–Kier alpha value is -1.97. The molecule has 9 heteroatoms. The van der Waals surface area contributed by atoms with Gasteiger partial charge in [0.15, 0.2) is 0 Å². The molecular weight excluding hydrogens is 368 g/mol. The Bertz CT molecular complexity index is 756. The first kappa shape index (κ1) is 21.3. The topological polar surface area (TPSA) is 98.8 Å². The second-order valence-electron chi connectivity index (χ2n) is 6.76. The van der Waals surface area contributed by atoms with Gasteiger partial charge >= 0.3 is 0 Å². The van der Waals surface area contributed by atoms with Crippen LogP contribution in [0.15, 0.2) is 29.2 Å². The summed E-state index contributed by atoms with van der Waals surface area (Å²) in [6.45, 7) is 7.35. The highest BCUT2D eigenvalue weighted by Crippen LogP contribution is 2.20. The number of amides is 2. The molecule has 1 aliphatic heterocycles. The summed E-state index contributed by atoms with van der Waals surface area (Å²) in [7, 11) is -3.59. The predicted molar refractivity (Wildman–Crippen MR) is 104 cm³/mol. The summed E-state index contributed by atoms with van der Waals surface area (Å²) in [5, 5.41) is 5.53. The van der Waals surface area contributed by atoms with Crippen LogP contribution in [-0.2, 0) is 19.6 Å². The van der Waals surface area contributed by atoms with Crippen molar-refractivity contribution in [2.24, 2.45) is 0 Å². The number of piperazine rings is 1. The van der Waals surface area contributed by atoms with Crippen LogP contribution in [0, 0.1) is 0 Å². The van der Waals surface area contributed by atoms with Gasteiger partial charge in [0.1, 0.15) is 0 Å². The lowest BCUT2D eigenvalue weighted by atomic mass is 10.2. The number of hydrogen-bond donors (Lipinski definition) is 2. The molecule has 1 atom stereocenters. The number of anilines is 1. The van der Waals surface area contributed by atoms with Crippen molar-refractivity contribution >= 4 is 27.5 Å². The Morgan fingerprint density at radius 3 is 2.22 bits per heavy atom. The van der Waals surface area contributed by atoms with Crippen LogP contribution in [0.2, 0.25) is 0 Å². The lowest BCUT2D eigenvalue weighted by molar-refractivity contribution is -0.123. The molecule has 0 saturated carbocycles. The van der Waals surface area contributed by atoms with E-state index in [0.717, 1.165) is 6.42 Å². The van der Waals surface area contributed by atoms with E-state index in [9.17, 15) is 18.0 Å². The van der Waals surface area contributed by atoms with Crippen LogP contribution in [0.25, 0.3) is 0 Å². The summed E-state index contributed by atoms with van der Waals surface area (Å²) in [5.74, 6) is -0.242. The maximum Gasteiger partial charge on any atom is 0.243 e. The molecule has 0 spiro atoms. The zero-order valence-corrected chi connectivity index (χ0v) is 16.9. The molecular formula is C18H28N4O4S. The number of carbonyl (C=O) groups excluding carboxylic acids is 2. The van der Waals surface area contributed by atoms with Crippen LogP contribution < -0.4 is 10.6 Å². The van der Waals surface area contributed by atoms with E-state index in [0.29, 0.717) is 31.9 Å². The van der Waals surface area contributed by atoms with E-state index >= 15 is 0 Å². The molecule has 2 amide bonds. The first-order valence-electron chi connectivity index (χ1n) is 9.12. The third-order valence-corrected chi connectivity index (χ3v) is 6.44. The monoisotopic (exact) mass is 396 g/mol. The minimum atomic E-state index is -3.59. The number of nitrogens with zero attached hydrogens (tertiary/aromatic N) is 2. The van der Waals surface area contributed by atoms with Gasteiger partial charge in [0, 0.05) is 44.8 Å². The van der Waals surface area contributed by atoms with Crippen molar-refractivity contribution in [3.8, 4) is 0 Å². The van der Waals surface area contributed by atoms with Gasteiger partial charge < -0.3 is 10.6 Å². The summed E-state index contributed by atoms with van der Waals surface area (Å²) in [6, 6.07) is 6.27. The molecule has 1 fully saturated rings. The van der Waals surface area contributed by atoms with Gasteiger partial charge in [-0.05, 0) is 37.6 Å². The average Bonchev–Trinajstić information content (AvgIpc) is 2.62. The second-order valence-corrected chi connectivity index (χ2v) is 8.70. The van der Waals surface area contributed by atoms with Crippen molar-refractivity contribution in [1.29, 1.82) is 0 Å². The fraction of sp³-hybridized carbons (Fsp3) is 0.556. The molecule has 8 nitrogen and oxygen atoms in total. The van der Waals surface area contributed by atoms with Gasteiger partial charge in [0.05, 0.1) is 11.4 Å². The van der Waals surface area contributed by atoms with Crippen molar-refractivity contribution in [1.82, 2.24) is 14.5 Å². The zero-order chi connectivity index (χ0) is 20.0. The molecule has 2 N–H and O–H groups in total. The van der Waals surface area contributed by atoms with Crippen molar-refractivity contribution in [2.45, 2.75) is 38.1 Å². The fourth-order valence-corrected chi connectivity index (χ4v) is 4.24. The van der Waals surface area contributed by atoms with Crippen molar-refractivity contribution in [3.05, 3.63) is 24.3 Å². The van der Waals surface area contributed by atoms with E-state index in [1.807, 2.05) is 18.7 Å². The van der Waals surface area contributed by atoms with Crippen LogP contribution in [-0.4, -0.2) is 68.2 Å². The molecule has 27 heavy (non-hydrogen) atoms. The fourth-order valence-electron chi connectivity index (χ4n) is 2.82. The van der Waals surface area contributed by atoms with Gasteiger partial charge in [-0.25, -0.2) is 8.42 Å². The summed E-state index contributed by atoms with van der Waals surface area (Å²) in [6.07, 6.45) is 0.873. The van der Waals surface area contributed by atoms with Crippen LogP contribution in [0.3, 0.4) is 0 Å². The molecule has 150 valence electrons. The molecule has 1 saturated heterocycles. The minimum absolute atomic E-state index is 0.0331. The first-order valence-corrected chi connectivity index (χ1v) is 10.6. The quantitative estimate of drug-likeness (QED) is 0.712. The Labute approximate surface area is 161 Å². The van der Waals surface area contributed by atoms with Crippen LogP contribution in [0.1, 0.15) is 27.2 Å². The van der Waals surface area contributed by atoms with E-state index in [2.05, 4.69) is 10.6 Å². The predicted octanol–water partition coefficient (Wildman–Crippen LogP) is 0.866. The smallest absolute Gasteiger partial charge is 0.243 e. The molecule has 0 aromatic heterocycles. The Morgan fingerprint density at radius 2 is 1.70 bits per heavy atom. The molecule has 1 heterocycles. The molecule has 1 aromatic rings. The lowest BCUT2D eigenvalue weighted by Gasteiger charge is -2.33. The molecule has 1 aromatic carbocycles. The van der Waals surface area contributed by atoms with Gasteiger partial charge in [0.2, 0.25) is 21.8 Å². The van der Waals surface area contributed by atoms with E-state index < -0.39 is 10.0 Å². The van der Waals surface area contributed by atoms with Crippen LogP contribution in [0.5, 0.6) is 0 Å². The van der Waals surface area contributed by atoms with E-state index in [1.54, 1.807) is 12.1 Å². The average molecular weight is 397 g/mol. The van der Waals surface area contributed by atoms with Gasteiger partial charge in [-0.3, -0.25) is 14.5 Å². The Kier molecular flexibility index (Phi) is 7.34. The standard InChI is InChI=1S/C18H28N4O4S/c1-4-14(2)19-18(24)13-21-9-11-22(12-10-21)27(25,26)17-7-5-16(6-8-17)20-15(3)23/h5-8,14H,4,9-13H2,1-3H3,(H,19,24)(H,20,23). The normalized spacial score (nSPS) is 17.3. The van der Waals surface area contributed by atoms with Gasteiger partial charge in [-0.15, -0.1) is 0 Å². The number of sulfonamides is 1. The Balaban J connectivity index is 1.92. The molecule has 0 bridgehead atoms. The highest BCUT2D eigenvalue weighted by molar-refractivity contribution is 7.89. The molecule has 1 aliphatic rings. The highest BCUT2D eigenvalue weighted by atomic mass is 32.2. The van der Waals surface area contributed by atoms with Crippen molar-refractivity contribution < 1.29 is 18.0 Å². The van der Waals surface area contributed by atoms with Crippen LogP contribution >= 0.6 is 0 Å². The zero-order valence-electron chi connectivity index (χ0n) is 16.1. The lowest BCUT2D eigenvalue weighted by Crippen LogP contribution is -2.51. The summed E-state index contributed by atoms with van der Waals surface area (Å²) in [4.78, 5) is 25.2. The third kappa shape index (κ3) is 6.02. The Morgan fingerprint density at radius 1 is 1.11 bits per heavy atom. The van der Waals surface area contributed by atoms with Gasteiger partial charge in [-0.1, -0.05) is 6.92 Å². The largest absolute Gasteiger partial charge is 0.353 e. The van der Waals surface area contributed by atoms with E-state index in [4.69, 9.17) is 0 Å². The van der Waals surface area contributed by atoms with E-state index in [1.165, 1.54) is 23.4 Å². The summed E-state index contributed by atoms with van der Waals surface area (Å²) in [5.41, 5.74) is 0.554. The molecule has 2 rings (SSSR count). The third-order valence-electron chi connectivity index (χ3n) is 4.53. The number of nitrogens with one attached hydrogen (secondary N) is 2. The highest BCUT2D eigenvalue weighted by Gasteiger charge is 2.29. The van der Waals surface area contributed by atoms with E-state index in [-0.39, 0.29) is 29.3 Å². The summed E-state index contributed by atoms with van der Waals surface area (Å²) < 4.78 is 27.0. The maximum atomic E-state index is 12.8. The minimum Gasteiger partial charge on any atom is -0.353 e.